The molecule has 2 aromatic rings. The van der Waals surface area contributed by atoms with Crippen LogP contribution in [0.5, 0.6) is 0 Å². The number of carbonyl (C=O) groups excluding carboxylic acids is 1. The molecule has 1 heterocycles. The maximum absolute atomic E-state index is 12.1. The largest absolute Gasteiger partial charge is 0.444 e. The third-order valence-electron chi connectivity index (χ3n) is 3.90. The number of aromatic nitrogens is 1. The number of carbonyl (C=O) groups is 1. The van der Waals surface area contributed by atoms with E-state index in [1.54, 1.807) is 18.2 Å². The molecule has 144 valence electrons. The Morgan fingerprint density at radius 1 is 1.38 bits per heavy atom. The van der Waals surface area contributed by atoms with Gasteiger partial charge in [0, 0.05) is 21.1 Å². The van der Waals surface area contributed by atoms with E-state index in [1.165, 1.54) is 4.57 Å². The number of benzene rings is 1. The lowest BCUT2D eigenvalue weighted by Crippen LogP contribution is -2.27. The van der Waals surface area contributed by atoms with Gasteiger partial charge >= 0.3 is 11.8 Å². The molecule has 1 aromatic heterocycles. The first-order valence-electron chi connectivity index (χ1n) is 8.46. The minimum Gasteiger partial charge on any atom is -0.444 e. The van der Waals surface area contributed by atoms with E-state index in [9.17, 15) is 14.7 Å². The second-order valence-electron chi connectivity index (χ2n) is 7.39. The lowest BCUT2D eigenvalue weighted by Gasteiger charge is -2.15. The van der Waals surface area contributed by atoms with Crippen molar-refractivity contribution < 1.29 is 23.8 Å². The molecule has 1 unspecified atom stereocenters. The lowest BCUT2D eigenvalue weighted by atomic mass is 10.1. The Kier molecular flexibility index (Phi) is 6.62. The van der Waals surface area contributed by atoms with Crippen molar-refractivity contribution in [2.75, 3.05) is 13.2 Å². The Morgan fingerprint density at radius 3 is 2.73 bits per heavy atom. The number of oxazole rings is 1. The van der Waals surface area contributed by atoms with Gasteiger partial charge in [0.15, 0.2) is 5.58 Å². The topological polar surface area (TPSA) is 117 Å². The number of hydrogen-bond donors (Lipinski definition) is 2. The average Bonchev–Trinajstić information content (AvgIpc) is 2.84. The van der Waals surface area contributed by atoms with Crippen LogP contribution in [0.1, 0.15) is 5.56 Å². The third kappa shape index (κ3) is 5.72. The van der Waals surface area contributed by atoms with Crippen molar-refractivity contribution >= 4 is 25.3 Å². The highest BCUT2D eigenvalue weighted by atomic mass is 28.3. The summed E-state index contributed by atoms with van der Waals surface area (Å²) in [4.78, 5) is 22.9. The van der Waals surface area contributed by atoms with E-state index in [4.69, 9.17) is 19.6 Å². The summed E-state index contributed by atoms with van der Waals surface area (Å²) in [5.41, 5.74) is 6.76. The molecular formula is C17H26N2O6Si. The molecule has 1 atom stereocenters. The molecule has 1 amide bonds. The summed E-state index contributed by atoms with van der Waals surface area (Å²) in [7, 11) is -1.19. The van der Waals surface area contributed by atoms with E-state index in [0.717, 1.165) is 11.6 Å². The SMILES string of the molecule is C[Si](C)(C)CCOCn1c(=O)oc2cc(CC(CO)OC(N)=O)ccc21. The maximum Gasteiger partial charge on any atom is 0.421 e. The Balaban J connectivity index is 2.09. The van der Waals surface area contributed by atoms with Gasteiger partial charge in [0.1, 0.15) is 12.8 Å². The van der Waals surface area contributed by atoms with Gasteiger partial charge in [-0.2, -0.15) is 0 Å². The van der Waals surface area contributed by atoms with E-state index in [1.807, 2.05) is 0 Å². The zero-order valence-corrected chi connectivity index (χ0v) is 16.4. The summed E-state index contributed by atoms with van der Waals surface area (Å²) in [6, 6.07) is 6.23. The van der Waals surface area contributed by atoms with Crippen LogP contribution < -0.4 is 11.5 Å². The second kappa shape index (κ2) is 8.52. The van der Waals surface area contributed by atoms with Crippen LogP contribution in [-0.4, -0.2) is 43.2 Å². The third-order valence-corrected chi connectivity index (χ3v) is 5.60. The number of aliphatic hydroxyl groups is 1. The monoisotopic (exact) mass is 382 g/mol. The molecule has 2 rings (SSSR count). The molecule has 1 aromatic carbocycles. The van der Waals surface area contributed by atoms with E-state index >= 15 is 0 Å². The number of amides is 1. The van der Waals surface area contributed by atoms with E-state index in [-0.39, 0.29) is 19.8 Å². The van der Waals surface area contributed by atoms with Gasteiger partial charge in [-0.25, -0.2) is 14.2 Å². The smallest absolute Gasteiger partial charge is 0.421 e. The molecule has 9 heteroatoms. The van der Waals surface area contributed by atoms with E-state index in [2.05, 4.69) is 19.6 Å². The van der Waals surface area contributed by atoms with Gasteiger partial charge in [0.05, 0.1) is 12.1 Å². The van der Waals surface area contributed by atoms with Crippen LogP contribution in [0.15, 0.2) is 27.4 Å². The minimum atomic E-state index is -1.19. The fraction of sp³-hybridized carbons (Fsp3) is 0.529. The molecule has 0 radical (unpaired) electrons. The number of ether oxygens (including phenoxy) is 2. The van der Waals surface area contributed by atoms with Crippen LogP contribution >= 0.6 is 0 Å². The van der Waals surface area contributed by atoms with Crippen molar-refractivity contribution in [3.63, 3.8) is 0 Å². The molecule has 0 spiro atoms. The summed E-state index contributed by atoms with van der Waals surface area (Å²) < 4.78 is 17.2. The number of nitrogens with zero attached hydrogens (tertiary/aromatic N) is 1. The molecule has 0 aliphatic carbocycles. The number of hydrogen-bond acceptors (Lipinski definition) is 6. The first-order valence-corrected chi connectivity index (χ1v) is 12.2. The van der Waals surface area contributed by atoms with Gasteiger partial charge in [0.2, 0.25) is 0 Å². The lowest BCUT2D eigenvalue weighted by molar-refractivity contribution is 0.0639. The van der Waals surface area contributed by atoms with Crippen LogP contribution in [0, 0.1) is 0 Å². The number of rotatable bonds is 9. The maximum atomic E-state index is 12.1. The number of fused-ring (bicyclic) bond motifs is 1. The van der Waals surface area contributed by atoms with Crippen molar-refractivity contribution in [2.24, 2.45) is 5.73 Å². The molecule has 0 bridgehead atoms. The predicted molar refractivity (Wildman–Crippen MR) is 99.8 cm³/mol. The van der Waals surface area contributed by atoms with Crippen molar-refractivity contribution in [1.29, 1.82) is 0 Å². The van der Waals surface area contributed by atoms with Crippen LogP contribution in [0.3, 0.4) is 0 Å². The first kappa shape index (κ1) is 20.2. The molecular weight excluding hydrogens is 356 g/mol. The summed E-state index contributed by atoms with van der Waals surface area (Å²) in [6.45, 7) is 7.18. The highest BCUT2D eigenvalue weighted by Gasteiger charge is 2.16. The van der Waals surface area contributed by atoms with Crippen molar-refractivity contribution in [2.45, 2.75) is 44.9 Å². The number of primary amides is 1. The van der Waals surface area contributed by atoms with Crippen LogP contribution in [0.4, 0.5) is 4.79 Å². The fourth-order valence-corrected chi connectivity index (χ4v) is 3.22. The molecule has 0 aliphatic heterocycles. The minimum absolute atomic E-state index is 0.139. The highest BCUT2D eigenvalue weighted by molar-refractivity contribution is 6.76. The van der Waals surface area contributed by atoms with Crippen LogP contribution in [0.2, 0.25) is 25.7 Å². The first-order chi connectivity index (χ1) is 12.2. The average molecular weight is 382 g/mol. The van der Waals surface area contributed by atoms with Crippen LogP contribution in [0.25, 0.3) is 11.1 Å². The van der Waals surface area contributed by atoms with Gasteiger partial charge in [-0.1, -0.05) is 25.7 Å². The Morgan fingerprint density at radius 2 is 2.12 bits per heavy atom. The van der Waals surface area contributed by atoms with Gasteiger partial charge in [-0.3, -0.25) is 0 Å². The summed E-state index contributed by atoms with van der Waals surface area (Å²) in [5, 5.41) is 9.25. The normalized spacial score (nSPS) is 13.1. The van der Waals surface area contributed by atoms with Gasteiger partial charge in [-0.05, 0) is 23.7 Å². The molecule has 0 fully saturated rings. The van der Waals surface area contributed by atoms with Crippen molar-refractivity contribution in [3.8, 4) is 0 Å². The zero-order chi connectivity index (χ0) is 19.3. The summed E-state index contributed by atoms with van der Waals surface area (Å²) in [5.74, 6) is -0.489. The highest BCUT2D eigenvalue weighted by Crippen LogP contribution is 2.17. The Labute approximate surface area is 152 Å². The van der Waals surface area contributed by atoms with E-state index in [0.29, 0.717) is 17.7 Å². The molecule has 0 saturated heterocycles. The van der Waals surface area contributed by atoms with Crippen LogP contribution in [-0.2, 0) is 22.6 Å². The fourth-order valence-electron chi connectivity index (χ4n) is 2.46. The second-order valence-corrected chi connectivity index (χ2v) is 13.0. The van der Waals surface area contributed by atoms with Gasteiger partial charge < -0.3 is 24.7 Å². The number of nitrogens with two attached hydrogens (primary N) is 1. The van der Waals surface area contributed by atoms with Gasteiger partial charge in [-0.15, -0.1) is 0 Å². The zero-order valence-electron chi connectivity index (χ0n) is 15.4. The Bertz CT molecular complexity index is 808. The standard InChI is InChI=1S/C17H26N2O6Si/c1-26(2,3)7-6-23-11-19-14-5-4-12(9-15(14)25-17(19)22)8-13(10-20)24-16(18)21/h4-5,9,13,20H,6-8,10-11H2,1-3H3,(H2,18,21). The molecule has 0 saturated carbocycles. The van der Waals surface area contributed by atoms with Crippen molar-refractivity contribution in [3.05, 3.63) is 34.3 Å². The summed E-state index contributed by atoms with van der Waals surface area (Å²) >= 11 is 0. The van der Waals surface area contributed by atoms with E-state index < -0.39 is 26.0 Å². The predicted octanol–water partition coefficient (Wildman–Crippen LogP) is 1.91. The van der Waals surface area contributed by atoms with Crippen molar-refractivity contribution in [1.82, 2.24) is 4.57 Å². The summed E-state index contributed by atoms with van der Waals surface area (Å²) in [6.07, 6.45) is -1.43. The molecule has 3 N–H and O–H groups in total. The molecule has 0 aliphatic rings. The molecule has 8 nitrogen and oxygen atoms in total. The number of aliphatic hydroxyl groups excluding tert-OH is 1. The Hall–Kier alpha value is -2.10. The quantitative estimate of drug-likeness (QED) is 0.505. The molecule has 26 heavy (non-hydrogen) atoms. The van der Waals surface area contributed by atoms with Gasteiger partial charge in [0.25, 0.3) is 0 Å².